The molecule has 17 heteroatoms. The second kappa shape index (κ2) is 8.86. The number of hydrogen-bond donors (Lipinski definition) is 3. The number of aromatic nitrogens is 6. The lowest BCUT2D eigenvalue weighted by Gasteiger charge is -2.20. The third kappa shape index (κ3) is 4.17. The summed E-state index contributed by atoms with van der Waals surface area (Å²) in [4.78, 5) is 41.9. The van der Waals surface area contributed by atoms with Gasteiger partial charge in [-0.1, -0.05) is 0 Å². The van der Waals surface area contributed by atoms with Gasteiger partial charge < -0.3 is 16.2 Å². The van der Waals surface area contributed by atoms with Gasteiger partial charge in [-0.25, -0.2) is 24.6 Å². The molecule has 1 fully saturated rings. The van der Waals surface area contributed by atoms with Crippen LogP contribution >= 0.6 is 11.3 Å². The van der Waals surface area contributed by atoms with Gasteiger partial charge in [-0.15, -0.1) is 11.3 Å². The van der Waals surface area contributed by atoms with E-state index in [1.807, 2.05) is 0 Å². The van der Waals surface area contributed by atoms with E-state index in [1.54, 1.807) is 12.3 Å². The van der Waals surface area contributed by atoms with Gasteiger partial charge in [0.2, 0.25) is 5.91 Å². The molecule has 0 radical (unpaired) electrons. The molecule has 3 atom stereocenters. The Morgan fingerprint density at radius 1 is 1.27 bits per heavy atom. The number of nitrogen functional groups attached to an aromatic ring is 1. The first-order chi connectivity index (χ1) is 19.2. The summed E-state index contributed by atoms with van der Waals surface area (Å²) in [6.45, 7) is 0.790. The summed E-state index contributed by atoms with van der Waals surface area (Å²) in [6, 6.07) is 3.05. The maximum absolute atomic E-state index is 13.6. The first kappa shape index (κ1) is 26.9. The number of rotatable bonds is 7. The summed E-state index contributed by atoms with van der Waals surface area (Å²) in [5.41, 5.74) is 5.79. The molecular weight excluding hydrogens is 575 g/mol. The normalized spacial score (nSPS) is 22.1. The Hall–Kier alpha value is -4.28. The Morgan fingerprint density at radius 2 is 2.02 bits per heavy atom. The fraction of sp³-hybridized carbons (Fsp3) is 0.375. The second-order valence-electron chi connectivity index (χ2n) is 10.00. The van der Waals surface area contributed by atoms with Crippen LogP contribution in [-0.2, 0) is 21.5 Å². The lowest BCUT2D eigenvalue weighted by molar-refractivity contribution is -0.285. The topological polar surface area (TPSA) is 162 Å². The number of fused-ring (bicyclic) bond motifs is 2. The highest BCUT2D eigenvalue weighted by Gasteiger charge is 2.57. The molecule has 214 valence electrons. The number of pyridine rings is 1. The first-order valence-corrected chi connectivity index (χ1v) is 13.0. The van der Waals surface area contributed by atoms with Crippen molar-refractivity contribution in [2.75, 3.05) is 11.1 Å². The van der Waals surface area contributed by atoms with Crippen molar-refractivity contribution in [2.45, 2.75) is 49.7 Å². The van der Waals surface area contributed by atoms with Gasteiger partial charge in [0, 0.05) is 30.5 Å². The van der Waals surface area contributed by atoms with Crippen molar-refractivity contribution in [3.8, 4) is 11.5 Å². The number of alkyl halides is 5. The van der Waals surface area contributed by atoms with E-state index in [1.165, 1.54) is 29.7 Å². The number of carboxylic acids is 1. The first-order valence-electron chi connectivity index (χ1n) is 12.2. The van der Waals surface area contributed by atoms with Gasteiger partial charge in [0.25, 0.3) is 0 Å². The van der Waals surface area contributed by atoms with E-state index in [0.29, 0.717) is 17.1 Å². The molecule has 1 saturated carbocycles. The number of nitrogens with two attached hydrogens (primary N) is 1. The summed E-state index contributed by atoms with van der Waals surface area (Å²) >= 11 is 1.18. The number of carbonyl (C=O) groups is 2. The van der Waals surface area contributed by atoms with Crippen LogP contribution in [0.2, 0.25) is 0 Å². The number of hydrogen-bond acceptors (Lipinski definition) is 9. The zero-order valence-corrected chi connectivity index (χ0v) is 21.7. The number of anilines is 2. The number of aliphatic carboxylic acids is 1. The molecule has 5 heterocycles. The monoisotopic (exact) mass is 594 g/mol. The molecule has 11 nitrogen and oxygen atoms in total. The molecular formula is C24H19F5N8O3S. The molecule has 4 N–H and O–H groups in total. The number of carboxylic acid groups (broad SMARTS) is 1. The van der Waals surface area contributed by atoms with Crippen LogP contribution < -0.4 is 11.1 Å². The summed E-state index contributed by atoms with van der Waals surface area (Å²) in [5, 5.41) is 18.4. The van der Waals surface area contributed by atoms with Gasteiger partial charge in [-0.3, -0.25) is 9.59 Å². The maximum atomic E-state index is 13.6. The lowest BCUT2D eigenvalue weighted by atomic mass is 9.85. The Morgan fingerprint density at radius 3 is 2.71 bits per heavy atom. The summed E-state index contributed by atoms with van der Waals surface area (Å²) in [5.74, 6) is -7.27. The Labute approximate surface area is 230 Å². The average Bonchev–Trinajstić information content (AvgIpc) is 3.27. The highest BCUT2D eigenvalue weighted by atomic mass is 32.1. The quantitative estimate of drug-likeness (QED) is 0.269. The molecule has 3 unspecified atom stereocenters. The van der Waals surface area contributed by atoms with Gasteiger partial charge in [-0.2, -0.15) is 27.1 Å². The van der Waals surface area contributed by atoms with Gasteiger partial charge in [0.05, 0.1) is 22.6 Å². The minimum absolute atomic E-state index is 0.0192. The van der Waals surface area contributed by atoms with Crippen LogP contribution in [0, 0.1) is 5.92 Å². The van der Waals surface area contributed by atoms with Gasteiger partial charge in [0.1, 0.15) is 27.8 Å². The van der Waals surface area contributed by atoms with E-state index in [0.717, 1.165) is 4.68 Å². The molecule has 6 rings (SSSR count). The summed E-state index contributed by atoms with van der Waals surface area (Å²) in [7, 11) is 0. The Kier molecular flexibility index (Phi) is 5.82. The number of carbonyl (C=O) groups excluding carboxylic acids is 1. The molecule has 2 aliphatic rings. The summed E-state index contributed by atoms with van der Waals surface area (Å²) in [6.07, 6.45) is -5.49. The van der Waals surface area contributed by atoms with Gasteiger partial charge in [0.15, 0.2) is 11.5 Å². The standard InChI is InChI=1S/C24H19F5N8O3S/c1-22(21-32-12(8-41-21)10-7-11(10)19(38)39)13-15(30)33-17(34-16(13)35-20(22)40)14-9-3-2-5-31-18(9)37(36-14)6-4-23(25,26)24(27,28)29/h2-3,5,8,10-11H,4,6-7H2,1H3,(H,38,39)(H3,30,33,34,35,40). The predicted molar refractivity (Wildman–Crippen MR) is 134 cm³/mol. The number of halogens is 5. The van der Waals surface area contributed by atoms with E-state index in [2.05, 4.69) is 30.4 Å². The van der Waals surface area contributed by atoms with Crippen LogP contribution in [0.25, 0.3) is 22.6 Å². The van der Waals surface area contributed by atoms with E-state index >= 15 is 0 Å². The number of aryl methyl sites for hydroxylation is 1. The highest BCUT2D eigenvalue weighted by Crippen LogP contribution is 2.51. The van der Waals surface area contributed by atoms with Crippen LogP contribution in [0.4, 0.5) is 33.6 Å². The minimum Gasteiger partial charge on any atom is -0.481 e. The maximum Gasteiger partial charge on any atom is 0.453 e. The Bertz CT molecular complexity index is 1740. The molecule has 4 aromatic rings. The fourth-order valence-electron chi connectivity index (χ4n) is 4.92. The molecule has 4 aromatic heterocycles. The third-order valence-electron chi connectivity index (χ3n) is 7.33. The molecule has 0 aromatic carbocycles. The van der Waals surface area contributed by atoms with Crippen molar-refractivity contribution in [1.29, 1.82) is 0 Å². The fourth-order valence-corrected chi connectivity index (χ4v) is 5.97. The van der Waals surface area contributed by atoms with Crippen LogP contribution in [-0.4, -0.2) is 58.8 Å². The molecule has 1 amide bonds. The van der Waals surface area contributed by atoms with Crippen molar-refractivity contribution in [2.24, 2.45) is 5.92 Å². The minimum atomic E-state index is -5.72. The molecule has 0 spiro atoms. The SMILES string of the molecule is CC1(c2nc(C3CC3C(=O)O)cs2)C(=O)Nc2nc(-c3nn(CCC(F)(F)C(F)(F)F)c4ncccc34)nc(N)c21. The van der Waals surface area contributed by atoms with Crippen LogP contribution in [0.3, 0.4) is 0 Å². The van der Waals surface area contributed by atoms with Gasteiger partial charge >= 0.3 is 18.1 Å². The van der Waals surface area contributed by atoms with E-state index < -0.39 is 48.3 Å². The van der Waals surface area contributed by atoms with E-state index in [-0.39, 0.29) is 45.7 Å². The average molecular weight is 595 g/mol. The van der Waals surface area contributed by atoms with Crippen molar-refractivity contribution in [3.63, 3.8) is 0 Å². The molecule has 1 aliphatic carbocycles. The smallest absolute Gasteiger partial charge is 0.453 e. The van der Waals surface area contributed by atoms with Crippen LogP contribution in [0.5, 0.6) is 0 Å². The van der Waals surface area contributed by atoms with Gasteiger partial charge in [-0.05, 0) is 25.5 Å². The molecule has 1 aliphatic heterocycles. The molecule has 0 saturated heterocycles. The largest absolute Gasteiger partial charge is 0.481 e. The number of amides is 1. The molecule has 0 bridgehead atoms. The van der Waals surface area contributed by atoms with E-state index in [9.17, 15) is 36.6 Å². The van der Waals surface area contributed by atoms with Crippen molar-refractivity contribution < 1.29 is 36.6 Å². The van der Waals surface area contributed by atoms with Crippen LogP contribution in [0.1, 0.15) is 41.9 Å². The van der Waals surface area contributed by atoms with Crippen molar-refractivity contribution >= 4 is 45.9 Å². The van der Waals surface area contributed by atoms with Crippen LogP contribution in [0.15, 0.2) is 23.7 Å². The second-order valence-corrected chi connectivity index (χ2v) is 10.9. The summed E-state index contributed by atoms with van der Waals surface area (Å²) < 4.78 is 66.3. The Balaban J connectivity index is 1.37. The number of thiazole rings is 1. The van der Waals surface area contributed by atoms with Crippen molar-refractivity contribution in [1.82, 2.24) is 29.7 Å². The lowest BCUT2D eigenvalue weighted by Crippen LogP contribution is -2.37. The van der Waals surface area contributed by atoms with E-state index in [4.69, 9.17) is 5.73 Å². The third-order valence-corrected chi connectivity index (χ3v) is 8.41. The predicted octanol–water partition coefficient (Wildman–Crippen LogP) is 3.96. The number of nitrogens with zero attached hydrogens (tertiary/aromatic N) is 6. The molecule has 41 heavy (non-hydrogen) atoms. The van der Waals surface area contributed by atoms with Crippen molar-refractivity contribution in [3.05, 3.63) is 40.0 Å². The zero-order chi connectivity index (χ0) is 29.5. The zero-order valence-electron chi connectivity index (χ0n) is 20.9. The highest BCUT2D eigenvalue weighted by molar-refractivity contribution is 7.10. The number of nitrogens with one attached hydrogen (secondary N) is 1.